The molecule has 1 aliphatic rings. The monoisotopic (exact) mass is 331 g/mol. The fourth-order valence-electron chi connectivity index (χ4n) is 3.39. The van der Waals surface area contributed by atoms with Gasteiger partial charge in [-0.15, -0.1) is 11.3 Å². The second-order valence-corrected chi connectivity index (χ2v) is 7.87. The number of likely N-dealkylation sites (tertiary alicyclic amines) is 1. The van der Waals surface area contributed by atoms with Crippen molar-refractivity contribution in [1.82, 2.24) is 15.1 Å². The van der Waals surface area contributed by atoms with Gasteiger partial charge in [-0.3, -0.25) is 9.89 Å². The molecule has 0 spiro atoms. The number of carbonyl (C=O) groups is 1. The molecule has 1 saturated heterocycles. The Hall–Kier alpha value is -1.62. The average Bonchev–Trinajstić information content (AvgIpc) is 3.18. The minimum absolute atomic E-state index is 0.252. The van der Waals surface area contributed by atoms with Gasteiger partial charge in [0, 0.05) is 29.6 Å². The van der Waals surface area contributed by atoms with Gasteiger partial charge in [0.05, 0.1) is 12.6 Å². The molecule has 0 aliphatic carbocycles. The van der Waals surface area contributed by atoms with E-state index in [4.69, 9.17) is 0 Å². The number of aromatic nitrogens is 2. The molecule has 0 radical (unpaired) electrons. The summed E-state index contributed by atoms with van der Waals surface area (Å²) in [4.78, 5) is 15.7. The van der Waals surface area contributed by atoms with Crippen LogP contribution in [0.15, 0.2) is 23.7 Å². The largest absolute Gasteiger partial charge is 0.342 e. The molecule has 2 aromatic rings. The maximum atomic E-state index is 12.6. The molecule has 2 aromatic heterocycles. The Morgan fingerprint density at radius 1 is 1.52 bits per heavy atom. The van der Waals surface area contributed by atoms with Gasteiger partial charge in [0.2, 0.25) is 5.91 Å². The van der Waals surface area contributed by atoms with E-state index in [0.717, 1.165) is 37.2 Å². The Kier molecular flexibility index (Phi) is 5.16. The normalized spacial score (nSPS) is 18.6. The molecule has 1 amide bonds. The predicted molar refractivity (Wildman–Crippen MR) is 93.7 cm³/mol. The number of carbonyl (C=O) groups excluding carboxylic acids is 1. The number of piperidine rings is 1. The van der Waals surface area contributed by atoms with E-state index in [-0.39, 0.29) is 5.91 Å². The number of hydrogen-bond acceptors (Lipinski definition) is 3. The van der Waals surface area contributed by atoms with Crippen molar-refractivity contribution in [3.8, 4) is 0 Å². The van der Waals surface area contributed by atoms with Crippen LogP contribution in [0.25, 0.3) is 0 Å². The van der Waals surface area contributed by atoms with Crippen LogP contribution in [0.3, 0.4) is 0 Å². The van der Waals surface area contributed by atoms with Crippen LogP contribution in [0.4, 0.5) is 0 Å². The van der Waals surface area contributed by atoms with E-state index < -0.39 is 0 Å². The van der Waals surface area contributed by atoms with Crippen LogP contribution in [0.5, 0.6) is 0 Å². The lowest BCUT2D eigenvalue weighted by atomic mass is 9.90. The summed E-state index contributed by atoms with van der Waals surface area (Å²) in [6.45, 7) is 6.16. The summed E-state index contributed by atoms with van der Waals surface area (Å²) < 4.78 is 0. The molecule has 124 valence electrons. The zero-order chi connectivity index (χ0) is 16.2. The minimum Gasteiger partial charge on any atom is -0.342 e. The predicted octanol–water partition coefficient (Wildman–Crippen LogP) is 3.62. The summed E-state index contributed by atoms with van der Waals surface area (Å²) in [6.07, 6.45) is 5.75. The molecule has 1 aliphatic heterocycles. The quantitative estimate of drug-likeness (QED) is 0.910. The number of amides is 1. The molecule has 23 heavy (non-hydrogen) atoms. The van der Waals surface area contributed by atoms with Gasteiger partial charge >= 0.3 is 0 Å². The number of hydrogen-bond donors (Lipinski definition) is 1. The smallest absolute Gasteiger partial charge is 0.227 e. The molecule has 3 rings (SSSR count). The first-order chi connectivity index (χ1) is 11.1. The van der Waals surface area contributed by atoms with Gasteiger partial charge in [-0.2, -0.15) is 5.10 Å². The van der Waals surface area contributed by atoms with Crippen molar-refractivity contribution in [2.24, 2.45) is 5.92 Å². The first-order valence-electron chi connectivity index (χ1n) is 8.45. The summed E-state index contributed by atoms with van der Waals surface area (Å²) in [6, 6.07) is 4.05. The Balaban J connectivity index is 1.66. The van der Waals surface area contributed by atoms with Gasteiger partial charge in [-0.25, -0.2) is 0 Å². The Labute approximate surface area is 141 Å². The second-order valence-electron chi connectivity index (χ2n) is 6.84. The highest BCUT2D eigenvalue weighted by Gasteiger charge is 2.27. The van der Waals surface area contributed by atoms with Crippen LogP contribution < -0.4 is 0 Å². The van der Waals surface area contributed by atoms with Crippen molar-refractivity contribution in [3.05, 3.63) is 39.8 Å². The number of nitrogens with zero attached hydrogens (tertiary/aromatic N) is 2. The second kappa shape index (κ2) is 7.30. The van der Waals surface area contributed by atoms with Crippen molar-refractivity contribution in [2.75, 3.05) is 13.1 Å². The highest BCUT2D eigenvalue weighted by atomic mass is 32.1. The number of rotatable bonds is 5. The zero-order valence-electron chi connectivity index (χ0n) is 13.9. The lowest BCUT2D eigenvalue weighted by molar-refractivity contribution is -0.131. The van der Waals surface area contributed by atoms with Crippen LogP contribution in [0.2, 0.25) is 0 Å². The number of aromatic amines is 1. The standard InChI is InChI=1S/C18H25N3OS/c1-13(2)9-15-11-19-20-18(15)14-5-3-7-21(12-14)17(22)10-16-6-4-8-23-16/h4,6,8,11,13-14H,3,5,7,9-10,12H2,1-2H3,(H,19,20)/t14-/m1/s1. The third-order valence-electron chi connectivity index (χ3n) is 4.47. The highest BCUT2D eigenvalue weighted by molar-refractivity contribution is 7.10. The van der Waals surface area contributed by atoms with Gasteiger partial charge in [-0.05, 0) is 42.2 Å². The van der Waals surface area contributed by atoms with E-state index in [0.29, 0.717) is 18.3 Å². The van der Waals surface area contributed by atoms with Gasteiger partial charge in [0.15, 0.2) is 0 Å². The van der Waals surface area contributed by atoms with Crippen molar-refractivity contribution in [1.29, 1.82) is 0 Å². The molecular formula is C18H25N3OS. The lowest BCUT2D eigenvalue weighted by Gasteiger charge is -2.33. The maximum absolute atomic E-state index is 12.6. The summed E-state index contributed by atoms with van der Waals surface area (Å²) in [5, 5.41) is 9.49. The Morgan fingerprint density at radius 3 is 3.13 bits per heavy atom. The molecule has 0 aromatic carbocycles. The topological polar surface area (TPSA) is 49.0 Å². The van der Waals surface area contributed by atoms with Crippen molar-refractivity contribution in [3.63, 3.8) is 0 Å². The van der Waals surface area contributed by atoms with Crippen LogP contribution in [0.1, 0.15) is 48.7 Å². The summed E-state index contributed by atoms with van der Waals surface area (Å²) in [5.74, 6) is 1.26. The molecule has 4 nitrogen and oxygen atoms in total. The summed E-state index contributed by atoms with van der Waals surface area (Å²) >= 11 is 1.66. The molecule has 1 N–H and O–H groups in total. The van der Waals surface area contributed by atoms with Crippen LogP contribution >= 0.6 is 11.3 Å². The Morgan fingerprint density at radius 2 is 2.39 bits per heavy atom. The average molecular weight is 331 g/mol. The molecule has 5 heteroatoms. The summed E-state index contributed by atoms with van der Waals surface area (Å²) in [5.41, 5.74) is 2.56. The maximum Gasteiger partial charge on any atom is 0.227 e. The van der Waals surface area contributed by atoms with E-state index in [9.17, 15) is 4.79 Å². The Bertz CT molecular complexity index is 632. The van der Waals surface area contributed by atoms with Crippen molar-refractivity contribution in [2.45, 2.75) is 45.4 Å². The van der Waals surface area contributed by atoms with E-state index >= 15 is 0 Å². The van der Waals surface area contributed by atoms with E-state index in [2.05, 4.69) is 24.0 Å². The van der Waals surface area contributed by atoms with E-state index in [1.54, 1.807) is 11.3 Å². The van der Waals surface area contributed by atoms with Gasteiger partial charge in [-0.1, -0.05) is 19.9 Å². The van der Waals surface area contributed by atoms with Gasteiger partial charge in [0.1, 0.15) is 0 Å². The number of thiophene rings is 1. The fourth-order valence-corrected chi connectivity index (χ4v) is 4.09. The third-order valence-corrected chi connectivity index (χ3v) is 5.34. The van der Waals surface area contributed by atoms with Crippen LogP contribution in [0, 0.1) is 5.92 Å². The van der Waals surface area contributed by atoms with E-state index in [1.165, 1.54) is 11.3 Å². The number of H-pyrrole nitrogens is 1. The van der Waals surface area contributed by atoms with Crippen molar-refractivity contribution >= 4 is 17.2 Å². The molecule has 0 bridgehead atoms. The number of nitrogens with one attached hydrogen (secondary N) is 1. The molecule has 1 atom stereocenters. The molecule has 0 saturated carbocycles. The molecule has 3 heterocycles. The highest BCUT2D eigenvalue weighted by Crippen LogP contribution is 2.29. The van der Waals surface area contributed by atoms with Gasteiger partial charge < -0.3 is 4.90 Å². The zero-order valence-corrected chi connectivity index (χ0v) is 14.7. The molecule has 1 fully saturated rings. The first-order valence-corrected chi connectivity index (χ1v) is 9.33. The minimum atomic E-state index is 0.252. The SMILES string of the molecule is CC(C)Cc1cn[nH]c1[C@@H]1CCCN(C(=O)Cc2cccs2)C1. The van der Waals surface area contributed by atoms with Gasteiger partial charge in [0.25, 0.3) is 0 Å². The molecule has 0 unspecified atom stereocenters. The first kappa shape index (κ1) is 16.2. The third kappa shape index (κ3) is 4.02. The lowest BCUT2D eigenvalue weighted by Crippen LogP contribution is -2.40. The fraction of sp³-hybridized carbons (Fsp3) is 0.556. The summed E-state index contributed by atoms with van der Waals surface area (Å²) in [7, 11) is 0. The van der Waals surface area contributed by atoms with Crippen LogP contribution in [-0.4, -0.2) is 34.1 Å². The van der Waals surface area contributed by atoms with Crippen molar-refractivity contribution < 1.29 is 4.79 Å². The van der Waals surface area contributed by atoms with E-state index in [1.807, 2.05) is 28.6 Å². The molecular weight excluding hydrogens is 306 g/mol. The van der Waals surface area contributed by atoms with Crippen LogP contribution in [-0.2, 0) is 17.6 Å².